The van der Waals surface area contributed by atoms with E-state index in [-0.39, 0.29) is 11.9 Å². The Hall–Kier alpha value is -2.99. The summed E-state index contributed by atoms with van der Waals surface area (Å²) in [5, 5.41) is 6.35. The molecule has 0 aromatic heterocycles. The molecule has 6 heteroatoms. The molecule has 1 aromatic carbocycles. The minimum Gasteiger partial charge on any atom is -0.454 e. The quantitative estimate of drug-likeness (QED) is 0.508. The van der Waals surface area contributed by atoms with Gasteiger partial charge in [-0.1, -0.05) is 56.4 Å². The van der Waals surface area contributed by atoms with Crippen molar-refractivity contribution < 1.29 is 14.3 Å². The lowest BCUT2D eigenvalue weighted by Gasteiger charge is -2.30. The Morgan fingerprint density at radius 2 is 2.00 bits per heavy atom. The van der Waals surface area contributed by atoms with Gasteiger partial charge in [0, 0.05) is 24.8 Å². The summed E-state index contributed by atoms with van der Waals surface area (Å²) in [7, 11) is 1.82. The number of ether oxygens (including phenoxy) is 2. The highest BCUT2D eigenvalue weighted by Gasteiger charge is 2.20. The van der Waals surface area contributed by atoms with Crippen LogP contribution in [0, 0.1) is 0 Å². The predicted octanol–water partition coefficient (Wildman–Crippen LogP) is 4.57. The molecule has 1 amide bonds. The van der Waals surface area contributed by atoms with Crippen LogP contribution in [0.2, 0.25) is 0 Å². The minimum absolute atomic E-state index is 0.178. The zero-order valence-corrected chi connectivity index (χ0v) is 20.5. The third kappa shape index (κ3) is 8.13. The number of para-hydroxylation sites is 2. The van der Waals surface area contributed by atoms with E-state index in [9.17, 15) is 4.79 Å². The number of allylic oxidation sites excluding steroid dienone is 5. The molecule has 0 bridgehead atoms. The number of amides is 1. The first kappa shape index (κ1) is 26.3. The van der Waals surface area contributed by atoms with Gasteiger partial charge in [0.05, 0.1) is 6.54 Å². The van der Waals surface area contributed by atoms with E-state index in [1.807, 2.05) is 42.3 Å². The summed E-state index contributed by atoms with van der Waals surface area (Å²) in [6.07, 6.45) is 11.1. The van der Waals surface area contributed by atoms with Crippen LogP contribution in [0.4, 0.5) is 0 Å². The maximum absolute atomic E-state index is 12.4. The van der Waals surface area contributed by atoms with Crippen LogP contribution < -0.4 is 20.1 Å². The zero-order chi connectivity index (χ0) is 24.1. The fourth-order valence-corrected chi connectivity index (χ4v) is 3.91. The molecule has 0 spiro atoms. The van der Waals surface area contributed by atoms with Crippen molar-refractivity contribution >= 4 is 5.91 Å². The maximum atomic E-state index is 12.4. The third-order valence-electron chi connectivity index (χ3n) is 5.65. The molecule has 0 fully saturated rings. The van der Waals surface area contributed by atoms with E-state index in [1.165, 1.54) is 16.8 Å². The van der Waals surface area contributed by atoms with Crippen LogP contribution in [0.1, 0.15) is 40.0 Å². The Morgan fingerprint density at radius 3 is 2.61 bits per heavy atom. The Balaban J connectivity index is 0.000000349. The molecule has 2 aliphatic rings. The normalized spacial score (nSPS) is 15.3. The average Bonchev–Trinajstić information content (AvgIpc) is 3.28. The minimum atomic E-state index is 0.178. The molecule has 0 aliphatic carbocycles. The van der Waals surface area contributed by atoms with Crippen LogP contribution in [0.25, 0.3) is 0 Å². The summed E-state index contributed by atoms with van der Waals surface area (Å²) < 4.78 is 10.2. The van der Waals surface area contributed by atoms with Crippen molar-refractivity contribution in [1.82, 2.24) is 15.5 Å². The molecule has 3 rings (SSSR count). The lowest BCUT2D eigenvalue weighted by molar-refractivity contribution is -0.132. The van der Waals surface area contributed by atoms with Crippen molar-refractivity contribution in [2.45, 2.75) is 46.1 Å². The van der Waals surface area contributed by atoms with Gasteiger partial charge < -0.3 is 25.0 Å². The van der Waals surface area contributed by atoms with Crippen molar-refractivity contribution in [2.24, 2.45) is 0 Å². The molecule has 0 saturated heterocycles. The van der Waals surface area contributed by atoms with Gasteiger partial charge in [0.2, 0.25) is 12.7 Å². The highest BCUT2D eigenvalue weighted by atomic mass is 16.7. The first-order valence-electron chi connectivity index (χ1n) is 11.7. The number of hydrogen-bond donors (Lipinski definition) is 2. The third-order valence-corrected chi connectivity index (χ3v) is 5.65. The molecule has 6 nitrogen and oxygen atoms in total. The monoisotopic (exact) mass is 453 g/mol. The topological polar surface area (TPSA) is 62.8 Å². The zero-order valence-electron chi connectivity index (χ0n) is 20.5. The van der Waals surface area contributed by atoms with Crippen molar-refractivity contribution in [3.63, 3.8) is 0 Å². The van der Waals surface area contributed by atoms with Crippen LogP contribution >= 0.6 is 0 Å². The molecule has 0 radical (unpaired) electrons. The largest absolute Gasteiger partial charge is 0.454 e. The number of rotatable bonds is 10. The number of dihydropyridines is 1. The van der Waals surface area contributed by atoms with E-state index in [4.69, 9.17) is 9.47 Å². The molecule has 33 heavy (non-hydrogen) atoms. The summed E-state index contributed by atoms with van der Waals surface area (Å²) in [5.41, 5.74) is 3.70. The first-order valence-corrected chi connectivity index (χ1v) is 11.7. The number of likely N-dealkylation sites (N-methyl/N-ethyl adjacent to an activating group) is 1. The number of carbonyl (C=O) groups excluding carboxylic acids is 1. The van der Waals surface area contributed by atoms with Gasteiger partial charge >= 0.3 is 0 Å². The van der Waals surface area contributed by atoms with E-state index in [2.05, 4.69) is 50.1 Å². The maximum Gasteiger partial charge on any atom is 0.236 e. The number of nitrogens with one attached hydrogen (secondary N) is 2. The summed E-state index contributed by atoms with van der Waals surface area (Å²) in [4.78, 5) is 14.5. The molecule has 2 heterocycles. The molecule has 180 valence electrons. The lowest BCUT2D eigenvalue weighted by atomic mass is 9.96. The second-order valence-corrected chi connectivity index (χ2v) is 8.10. The van der Waals surface area contributed by atoms with E-state index in [1.54, 1.807) is 6.08 Å². The summed E-state index contributed by atoms with van der Waals surface area (Å²) in [6, 6.07) is 7.90. The van der Waals surface area contributed by atoms with Crippen molar-refractivity contribution in [1.29, 1.82) is 0 Å². The van der Waals surface area contributed by atoms with Crippen LogP contribution in [0.5, 0.6) is 11.5 Å². The summed E-state index contributed by atoms with van der Waals surface area (Å²) >= 11 is 0. The van der Waals surface area contributed by atoms with E-state index in [0.717, 1.165) is 43.9 Å². The predicted molar refractivity (Wildman–Crippen MR) is 135 cm³/mol. The molecule has 1 aromatic rings. The Labute approximate surface area is 199 Å². The number of hydrogen-bond acceptors (Lipinski definition) is 5. The Bertz CT molecular complexity index is 850. The average molecular weight is 454 g/mol. The van der Waals surface area contributed by atoms with E-state index >= 15 is 0 Å². The van der Waals surface area contributed by atoms with Crippen LogP contribution in [0.3, 0.4) is 0 Å². The summed E-state index contributed by atoms with van der Waals surface area (Å²) in [5.74, 6) is 1.87. The number of nitrogens with zero attached hydrogens (tertiary/aromatic N) is 1. The SMILES string of the molecule is C=C/C=C\C1=C(C)NCC=C1CCN(C(=O)CNC)C(C)CCC.c1ccc2c(c1)OCO2. The highest BCUT2D eigenvalue weighted by molar-refractivity contribution is 5.78. The Kier molecular flexibility index (Phi) is 11.3. The van der Waals surface area contributed by atoms with Crippen LogP contribution in [-0.4, -0.2) is 50.3 Å². The molecule has 1 atom stereocenters. The van der Waals surface area contributed by atoms with Crippen LogP contribution in [-0.2, 0) is 4.79 Å². The van der Waals surface area contributed by atoms with Crippen molar-refractivity contribution in [3.05, 3.63) is 72.0 Å². The van der Waals surface area contributed by atoms with E-state index < -0.39 is 0 Å². The van der Waals surface area contributed by atoms with Gasteiger partial charge in [0.15, 0.2) is 11.5 Å². The number of benzene rings is 1. The highest BCUT2D eigenvalue weighted by Crippen LogP contribution is 2.30. The van der Waals surface area contributed by atoms with Gasteiger partial charge in [-0.25, -0.2) is 0 Å². The fourth-order valence-electron chi connectivity index (χ4n) is 3.91. The molecular weight excluding hydrogens is 414 g/mol. The molecule has 2 aliphatic heterocycles. The van der Waals surface area contributed by atoms with Gasteiger partial charge in [-0.15, -0.1) is 0 Å². The first-order chi connectivity index (χ1) is 16.0. The standard InChI is InChI=1S/C20H33N3O.C7H6O2/c1-6-8-10-19-17(4)22-13-11-18(19)12-14-23(16(3)9-7-2)20(24)15-21-5;1-2-4-7-6(3-1)8-5-9-7/h6,8,10-11,16,21-22H,1,7,9,12-15H2,2-5H3;1-4H,5H2/b10-8-;. The van der Waals surface area contributed by atoms with E-state index in [0.29, 0.717) is 13.3 Å². The fraction of sp³-hybridized carbons (Fsp3) is 0.444. The smallest absolute Gasteiger partial charge is 0.236 e. The number of fused-ring (bicyclic) bond motifs is 1. The molecular formula is C27H39N3O3. The van der Waals surface area contributed by atoms with Gasteiger partial charge in [-0.05, 0) is 57.0 Å². The van der Waals surface area contributed by atoms with Gasteiger partial charge in [-0.3, -0.25) is 4.79 Å². The summed E-state index contributed by atoms with van der Waals surface area (Å²) in [6.45, 7) is 12.5. The van der Waals surface area contributed by atoms with Gasteiger partial charge in [0.25, 0.3) is 0 Å². The molecule has 2 N–H and O–H groups in total. The second kappa shape index (κ2) is 14.2. The van der Waals surface area contributed by atoms with Crippen molar-refractivity contribution in [3.8, 4) is 11.5 Å². The molecule has 0 saturated carbocycles. The Morgan fingerprint density at radius 1 is 1.30 bits per heavy atom. The second-order valence-electron chi connectivity index (χ2n) is 8.10. The van der Waals surface area contributed by atoms with Gasteiger partial charge in [-0.2, -0.15) is 0 Å². The number of carbonyl (C=O) groups is 1. The van der Waals surface area contributed by atoms with Crippen LogP contribution in [0.15, 0.2) is 72.0 Å². The van der Waals surface area contributed by atoms with Crippen molar-refractivity contribution in [2.75, 3.05) is 33.5 Å². The van der Waals surface area contributed by atoms with Gasteiger partial charge in [0.1, 0.15) is 0 Å². The lowest BCUT2D eigenvalue weighted by Crippen LogP contribution is -2.43. The molecule has 1 unspecified atom stereocenters.